The first-order valence-corrected chi connectivity index (χ1v) is 4.49. The van der Waals surface area contributed by atoms with Gasteiger partial charge in [-0.2, -0.15) is 0 Å². The second-order valence-corrected chi connectivity index (χ2v) is 3.34. The summed E-state index contributed by atoms with van der Waals surface area (Å²) in [6.45, 7) is 1.73. The lowest BCUT2D eigenvalue weighted by molar-refractivity contribution is 0.0901. The van der Waals surface area contributed by atoms with Gasteiger partial charge in [-0.1, -0.05) is 5.21 Å². The Morgan fingerprint density at radius 1 is 1.64 bits per heavy atom. The zero-order valence-corrected chi connectivity index (χ0v) is 7.64. The van der Waals surface area contributed by atoms with E-state index in [-0.39, 0.29) is 12.7 Å². The first-order chi connectivity index (χ1) is 6.83. The molecule has 0 N–H and O–H groups in total. The predicted molar refractivity (Wildman–Crippen MR) is 46.9 cm³/mol. The molecule has 0 aromatic carbocycles. The fraction of sp³-hybridized carbons (Fsp3) is 0.625. The molecule has 0 unspecified atom stereocenters. The predicted octanol–water partition coefficient (Wildman–Crippen LogP) is -0.0832. The van der Waals surface area contributed by atoms with E-state index in [9.17, 15) is 9.18 Å². The number of aldehydes is 1. The lowest BCUT2D eigenvalue weighted by Crippen LogP contribution is -2.48. The highest BCUT2D eigenvalue weighted by molar-refractivity contribution is 5.70. The van der Waals surface area contributed by atoms with Crippen LogP contribution < -0.4 is 0 Å². The third kappa shape index (κ3) is 1.65. The second-order valence-electron chi connectivity index (χ2n) is 3.34. The zero-order valence-electron chi connectivity index (χ0n) is 7.64. The molecule has 1 fully saturated rings. The van der Waals surface area contributed by atoms with Crippen molar-refractivity contribution in [3.05, 3.63) is 11.9 Å². The van der Waals surface area contributed by atoms with Gasteiger partial charge in [0, 0.05) is 19.6 Å². The van der Waals surface area contributed by atoms with Gasteiger partial charge in [-0.05, 0) is 0 Å². The summed E-state index contributed by atoms with van der Waals surface area (Å²) < 4.78 is 13.6. The van der Waals surface area contributed by atoms with Crippen LogP contribution in [0.15, 0.2) is 6.20 Å². The third-order valence-corrected chi connectivity index (χ3v) is 2.36. The van der Waals surface area contributed by atoms with Crippen LogP contribution in [0, 0.1) is 0 Å². The van der Waals surface area contributed by atoms with Crippen LogP contribution in [0.4, 0.5) is 4.39 Å². The number of hydrogen-bond acceptors (Lipinski definition) is 4. The summed E-state index contributed by atoms with van der Waals surface area (Å²) in [5.41, 5.74) is 0.342. The van der Waals surface area contributed by atoms with E-state index < -0.39 is 0 Å². The van der Waals surface area contributed by atoms with Crippen molar-refractivity contribution in [3.63, 3.8) is 0 Å². The van der Waals surface area contributed by atoms with Crippen molar-refractivity contribution in [2.24, 2.45) is 0 Å². The van der Waals surface area contributed by atoms with Crippen molar-refractivity contribution in [1.82, 2.24) is 19.9 Å². The largest absolute Gasteiger partial charge is 0.296 e. The number of rotatable bonds is 4. The lowest BCUT2D eigenvalue weighted by Gasteiger charge is -2.38. The van der Waals surface area contributed by atoms with Crippen LogP contribution in [0.2, 0.25) is 0 Å². The molecule has 2 rings (SSSR count). The smallest absolute Gasteiger partial charge is 0.171 e. The molecule has 5 nitrogen and oxygen atoms in total. The minimum absolute atomic E-state index is 0.239. The van der Waals surface area contributed by atoms with Gasteiger partial charge in [0.15, 0.2) is 6.29 Å². The van der Waals surface area contributed by atoms with Crippen molar-refractivity contribution < 1.29 is 9.18 Å². The molecule has 76 valence electrons. The molecule has 0 spiro atoms. The highest BCUT2D eigenvalue weighted by Crippen LogP contribution is 2.19. The molecule has 0 bridgehead atoms. The molecule has 0 atom stereocenters. The Bertz CT molecular complexity index is 321. The molecule has 0 saturated carbocycles. The van der Waals surface area contributed by atoms with Crippen molar-refractivity contribution in [1.29, 1.82) is 0 Å². The quantitative estimate of drug-likeness (QED) is 0.635. The molecule has 1 aliphatic heterocycles. The fourth-order valence-electron chi connectivity index (χ4n) is 1.53. The van der Waals surface area contributed by atoms with Gasteiger partial charge in [-0.3, -0.25) is 9.69 Å². The Morgan fingerprint density at radius 2 is 2.43 bits per heavy atom. The van der Waals surface area contributed by atoms with Gasteiger partial charge in [0.2, 0.25) is 0 Å². The maximum atomic E-state index is 11.9. The molecule has 1 saturated heterocycles. The molecule has 0 aliphatic carbocycles. The van der Waals surface area contributed by atoms with E-state index in [2.05, 4.69) is 10.3 Å². The van der Waals surface area contributed by atoms with E-state index in [1.54, 1.807) is 10.9 Å². The van der Waals surface area contributed by atoms with Crippen molar-refractivity contribution in [3.8, 4) is 0 Å². The van der Waals surface area contributed by atoms with Gasteiger partial charge in [0.25, 0.3) is 0 Å². The van der Waals surface area contributed by atoms with E-state index in [1.807, 2.05) is 4.90 Å². The van der Waals surface area contributed by atoms with Gasteiger partial charge in [0.1, 0.15) is 12.4 Å². The molecule has 2 heterocycles. The number of alkyl halides is 1. The minimum Gasteiger partial charge on any atom is -0.296 e. The monoisotopic (exact) mass is 198 g/mol. The summed E-state index contributed by atoms with van der Waals surface area (Å²) in [6, 6.07) is 0.239. The number of likely N-dealkylation sites (tertiary alicyclic amines) is 1. The zero-order chi connectivity index (χ0) is 9.97. The van der Waals surface area contributed by atoms with Gasteiger partial charge in [0.05, 0.1) is 12.2 Å². The fourth-order valence-corrected chi connectivity index (χ4v) is 1.53. The van der Waals surface area contributed by atoms with E-state index in [0.29, 0.717) is 18.5 Å². The Hall–Kier alpha value is -1.30. The van der Waals surface area contributed by atoms with E-state index in [4.69, 9.17) is 0 Å². The van der Waals surface area contributed by atoms with Crippen LogP contribution in [0.25, 0.3) is 0 Å². The van der Waals surface area contributed by atoms with Gasteiger partial charge < -0.3 is 0 Å². The van der Waals surface area contributed by atoms with E-state index in [1.165, 1.54) is 0 Å². The minimum atomic E-state index is -0.316. The second kappa shape index (κ2) is 3.83. The maximum Gasteiger partial charge on any atom is 0.171 e. The summed E-state index contributed by atoms with van der Waals surface area (Å²) in [7, 11) is 0. The highest BCUT2D eigenvalue weighted by Gasteiger charge is 2.28. The summed E-state index contributed by atoms with van der Waals surface area (Å²) in [5, 5.41) is 7.48. The number of carbonyl (C=O) groups is 1. The third-order valence-electron chi connectivity index (χ3n) is 2.36. The standard InChI is InChI=1S/C8H11FN4O/c9-1-2-12-4-8(5-12)13-3-7(6-14)10-11-13/h3,6,8H,1-2,4-5H2. The van der Waals surface area contributed by atoms with E-state index >= 15 is 0 Å². The number of hydrogen-bond donors (Lipinski definition) is 0. The van der Waals surface area contributed by atoms with Crippen LogP contribution in [0.5, 0.6) is 0 Å². The van der Waals surface area contributed by atoms with Crippen LogP contribution in [0.1, 0.15) is 16.5 Å². The Morgan fingerprint density at radius 3 is 3.00 bits per heavy atom. The molecule has 1 aliphatic rings. The molecule has 1 aromatic rings. The molecule has 6 heteroatoms. The lowest BCUT2D eigenvalue weighted by atomic mass is 10.1. The Labute approximate surface area is 80.5 Å². The average molecular weight is 198 g/mol. The summed E-state index contributed by atoms with van der Waals surface area (Å²) in [5.74, 6) is 0. The van der Waals surface area contributed by atoms with Crippen molar-refractivity contribution in [2.45, 2.75) is 6.04 Å². The van der Waals surface area contributed by atoms with Crippen LogP contribution in [-0.2, 0) is 0 Å². The number of carbonyl (C=O) groups excluding carboxylic acids is 1. The van der Waals surface area contributed by atoms with Crippen molar-refractivity contribution in [2.75, 3.05) is 26.3 Å². The van der Waals surface area contributed by atoms with Crippen molar-refractivity contribution >= 4 is 6.29 Å². The molecule has 0 amide bonds. The van der Waals surface area contributed by atoms with E-state index in [0.717, 1.165) is 13.1 Å². The number of halogens is 1. The van der Waals surface area contributed by atoms with Gasteiger partial charge in [-0.25, -0.2) is 9.07 Å². The molecule has 0 radical (unpaired) electrons. The van der Waals surface area contributed by atoms with Gasteiger partial charge >= 0.3 is 0 Å². The topological polar surface area (TPSA) is 51.0 Å². The maximum absolute atomic E-state index is 11.9. The Balaban J connectivity index is 1.89. The van der Waals surface area contributed by atoms with Gasteiger partial charge in [-0.15, -0.1) is 5.10 Å². The normalized spacial score (nSPS) is 18.1. The number of nitrogens with zero attached hydrogens (tertiary/aromatic N) is 4. The van der Waals surface area contributed by atoms with Crippen LogP contribution in [0.3, 0.4) is 0 Å². The molecular weight excluding hydrogens is 187 g/mol. The SMILES string of the molecule is O=Cc1cn(C2CN(CCF)C2)nn1. The summed E-state index contributed by atoms with van der Waals surface area (Å²) >= 11 is 0. The summed E-state index contributed by atoms with van der Waals surface area (Å²) in [6.07, 6.45) is 2.28. The Kier molecular flexibility index (Phi) is 2.53. The first-order valence-electron chi connectivity index (χ1n) is 4.49. The molecular formula is C8H11FN4O. The number of aromatic nitrogens is 3. The average Bonchev–Trinajstić information content (AvgIpc) is 2.58. The van der Waals surface area contributed by atoms with Crippen LogP contribution in [-0.4, -0.2) is 52.5 Å². The first kappa shape index (κ1) is 9.26. The molecule has 14 heavy (non-hydrogen) atoms. The van der Waals surface area contributed by atoms with Crippen LogP contribution >= 0.6 is 0 Å². The highest BCUT2D eigenvalue weighted by atomic mass is 19.1. The molecule has 1 aromatic heterocycles. The summed E-state index contributed by atoms with van der Waals surface area (Å²) in [4.78, 5) is 12.3.